The average Bonchev–Trinajstić information content (AvgIpc) is 3.36. The number of fused-ring (bicyclic) bond motifs is 1. The van der Waals surface area contributed by atoms with Crippen LogP contribution in [0.25, 0.3) is 11.2 Å². The van der Waals surface area contributed by atoms with Crippen LogP contribution in [-0.2, 0) is 30.5 Å². The summed E-state index contributed by atoms with van der Waals surface area (Å²) in [4.78, 5) is 35.7. The van der Waals surface area contributed by atoms with Gasteiger partial charge in [0.15, 0.2) is 5.65 Å². The molecule has 0 saturated carbocycles. The molecule has 46 heavy (non-hydrogen) atoms. The third kappa shape index (κ3) is 7.81. The van der Waals surface area contributed by atoms with E-state index in [0.29, 0.717) is 23.5 Å². The fourth-order valence-electron chi connectivity index (χ4n) is 4.87. The number of benzene rings is 3. The molecule has 2 N–H and O–H groups in total. The van der Waals surface area contributed by atoms with Crippen LogP contribution in [-0.4, -0.2) is 38.8 Å². The van der Waals surface area contributed by atoms with Crippen molar-refractivity contribution >= 4 is 23.0 Å². The molecule has 0 aliphatic heterocycles. The summed E-state index contributed by atoms with van der Waals surface area (Å²) in [6.45, 7) is 0.137. The van der Waals surface area contributed by atoms with Crippen LogP contribution in [0.5, 0.6) is 5.75 Å². The van der Waals surface area contributed by atoms with Crippen LogP contribution < -0.4 is 15.4 Å². The third-order valence-electron chi connectivity index (χ3n) is 6.91. The van der Waals surface area contributed by atoms with Gasteiger partial charge in [0.25, 0.3) is 5.91 Å². The summed E-state index contributed by atoms with van der Waals surface area (Å²) >= 11 is 0. The first-order valence-corrected chi connectivity index (χ1v) is 13.8. The van der Waals surface area contributed by atoms with Gasteiger partial charge in [-0.25, -0.2) is 9.97 Å². The van der Waals surface area contributed by atoms with Gasteiger partial charge in [0.05, 0.1) is 24.2 Å². The number of alkyl halides is 6. The molecule has 5 aromatic rings. The fourth-order valence-corrected chi connectivity index (χ4v) is 4.87. The van der Waals surface area contributed by atoms with E-state index in [2.05, 4.69) is 25.3 Å². The number of imidazole rings is 1. The van der Waals surface area contributed by atoms with Crippen LogP contribution >= 0.6 is 0 Å². The van der Waals surface area contributed by atoms with Crippen LogP contribution in [0.1, 0.15) is 32.9 Å². The van der Waals surface area contributed by atoms with E-state index in [1.54, 1.807) is 22.9 Å². The Kier molecular flexibility index (Phi) is 9.26. The summed E-state index contributed by atoms with van der Waals surface area (Å²) < 4.78 is 86.1. The number of rotatable bonds is 10. The highest BCUT2D eigenvalue weighted by Crippen LogP contribution is 2.32. The van der Waals surface area contributed by atoms with Crippen molar-refractivity contribution in [3.05, 3.63) is 125 Å². The number of hydrogen-bond donors (Lipinski definition) is 2. The lowest BCUT2D eigenvalue weighted by Crippen LogP contribution is -2.48. The zero-order valence-electron chi connectivity index (χ0n) is 23.8. The first-order valence-electron chi connectivity index (χ1n) is 13.8. The van der Waals surface area contributed by atoms with Crippen LogP contribution in [0.15, 0.2) is 97.2 Å². The molecule has 0 aliphatic rings. The van der Waals surface area contributed by atoms with Crippen LogP contribution in [0.4, 0.5) is 26.3 Å². The summed E-state index contributed by atoms with van der Waals surface area (Å²) in [6.07, 6.45) is -8.95. The van der Waals surface area contributed by atoms with Crippen LogP contribution in [0, 0.1) is 0 Å². The molecule has 238 valence electrons. The fraction of sp³-hybridized carbons (Fsp3) is 0.188. The van der Waals surface area contributed by atoms with Gasteiger partial charge >= 0.3 is 12.5 Å². The van der Waals surface area contributed by atoms with Gasteiger partial charge in [0.2, 0.25) is 5.91 Å². The third-order valence-corrected chi connectivity index (χ3v) is 6.91. The number of para-hydroxylation sites is 1. The highest BCUT2D eigenvalue weighted by Gasteiger charge is 2.36. The van der Waals surface area contributed by atoms with Gasteiger partial charge in [-0.2, -0.15) is 13.2 Å². The molecular formula is C32H25F6N5O3. The minimum atomic E-state index is -5.13. The summed E-state index contributed by atoms with van der Waals surface area (Å²) in [5, 5.41) is 4.92. The predicted molar refractivity (Wildman–Crippen MR) is 154 cm³/mol. The van der Waals surface area contributed by atoms with Gasteiger partial charge in [0.1, 0.15) is 23.1 Å². The lowest BCUT2D eigenvalue weighted by Gasteiger charge is -2.22. The van der Waals surface area contributed by atoms with E-state index in [1.807, 2.05) is 30.3 Å². The SMILES string of the molecule is O=C(N[C@H](Cc1ccccc1C(F)(F)F)C(=O)NCc1nc2cccnc2n1Cc1ccccc1)c1ccccc1OC(F)(F)F. The molecule has 0 bridgehead atoms. The number of hydrogen-bond acceptors (Lipinski definition) is 5. The van der Waals surface area contributed by atoms with Crippen LogP contribution in [0.2, 0.25) is 0 Å². The summed E-state index contributed by atoms with van der Waals surface area (Å²) in [6, 6.07) is 20.0. The number of carbonyl (C=O) groups is 2. The molecular weight excluding hydrogens is 616 g/mol. The molecule has 2 amide bonds. The Morgan fingerprint density at radius 3 is 2.28 bits per heavy atom. The number of halogens is 6. The van der Waals surface area contributed by atoms with Crippen molar-refractivity contribution in [2.45, 2.75) is 38.1 Å². The zero-order chi connectivity index (χ0) is 32.9. The average molecular weight is 642 g/mol. The van der Waals surface area contributed by atoms with Gasteiger partial charge in [0, 0.05) is 12.6 Å². The van der Waals surface area contributed by atoms with E-state index in [4.69, 9.17) is 0 Å². The van der Waals surface area contributed by atoms with Crippen molar-refractivity contribution in [2.24, 2.45) is 0 Å². The lowest BCUT2D eigenvalue weighted by atomic mass is 9.99. The second-order valence-electron chi connectivity index (χ2n) is 10.1. The van der Waals surface area contributed by atoms with Crippen molar-refractivity contribution in [3.63, 3.8) is 0 Å². The minimum Gasteiger partial charge on any atom is -0.405 e. The molecule has 8 nitrogen and oxygen atoms in total. The molecule has 2 aromatic heterocycles. The zero-order valence-corrected chi connectivity index (χ0v) is 23.8. The molecule has 0 radical (unpaired) electrons. The molecule has 1 atom stereocenters. The molecule has 0 fully saturated rings. The number of ether oxygens (including phenoxy) is 1. The molecule has 0 aliphatic carbocycles. The van der Waals surface area contributed by atoms with Gasteiger partial charge in [-0.15, -0.1) is 13.2 Å². The first kappa shape index (κ1) is 32.0. The highest BCUT2D eigenvalue weighted by atomic mass is 19.4. The summed E-state index contributed by atoms with van der Waals surface area (Å²) in [5.41, 5.74) is 0.0641. The maximum atomic E-state index is 13.8. The molecule has 5 rings (SSSR count). The second-order valence-corrected chi connectivity index (χ2v) is 10.1. The first-order chi connectivity index (χ1) is 21.9. The van der Waals surface area contributed by atoms with E-state index in [1.165, 1.54) is 24.3 Å². The molecule has 0 saturated heterocycles. The van der Waals surface area contributed by atoms with Crippen molar-refractivity contribution in [2.75, 3.05) is 0 Å². The Morgan fingerprint density at radius 2 is 1.54 bits per heavy atom. The van der Waals surface area contributed by atoms with E-state index >= 15 is 0 Å². The monoisotopic (exact) mass is 641 g/mol. The lowest BCUT2D eigenvalue weighted by molar-refractivity contribution is -0.274. The molecule has 0 unspecified atom stereocenters. The standard InChI is InChI=1S/C32H25F6N5O3/c33-31(34,35)23-13-6-4-11-21(23)17-25(42-29(44)22-12-5-7-15-26(22)46-32(36,37)38)30(45)40-18-27-41-24-14-8-16-39-28(24)43(27)19-20-9-2-1-3-10-20/h1-16,25H,17-19H2,(H,40,45)(H,42,44)/t25-/m1/s1. The van der Waals surface area contributed by atoms with Gasteiger partial charge < -0.3 is 19.9 Å². The molecule has 2 heterocycles. The summed E-state index contributed by atoms with van der Waals surface area (Å²) in [7, 11) is 0. The predicted octanol–water partition coefficient (Wildman–Crippen LogP) is 6.05. The van der Waals surface area contributed by atoms with Gasteiger partial charge in [-0.3, -0.25) is 9.59 Å². The Hall–Kier alpha value is -5.40. The maximum Gasteiger partial charge on any atom is 0.573 e. The number of amides is 2. The van der Waals surface area contributed by atoms with Crippen LogP contribution in [0.3, 0.4) is 0 Å². The van der Waals surface area contributed by atoms with Crippen molar-refractivity contribution < 1.29 is 40.7 Å². The smallest absolute Gasteiger partial charge is 0.405 e. The van der Waals surface area contributed by atoms with Crippen molar-refractivity contribution in [3.8, 4) is 5.75 Å². The Morgan fingerprint density at radius 1 is 0.848 bits per heavy atom. The Bertz CT molecular complexity index is 1840. The number of aromatic nitrogens is 3. The number of nitrogens with one attached hydrogen (secondary N) is 2. The van der Waals surface area contributed by atoms with E-state index < -0.39 is 53.7 Å². The number of carbonyl (C=O) groups excluding carboxylic acids is 2. The molecule has 3 aromatic carbocycles. The van der Waals surface area contributed by atoms with E-state index in [-0.39, 0.29) is 12.1 Å². The minimum absolute atomic E-state index is 0.205. The Balaban J connectivity index is 1.44. The van der Waals surface area contributed by atoms with Crippen molar-refractivity contribution in [1.29, 1.82) is 0 Å². The maximum absolute atomic E-state index is 13.8. The van der Waals surface area contributed by atoms with Gasteiger partial charge in [-0.05, 0) is 41.5 Å². The van der Waals surface area contributed by atoms with E-state index in [9.17, 15) is 35.9 Å². The summed E-state index contributed by atoms with van der Waals surface area (Å²) in [5.74, 6) is -2.53. The topological polar surface area (TPSA) is 98.1 Å². The molecule has 0 spiro atoms. The number of nitrogens with zero attached hydrogens (tertiary/aromatic N) is 3. The quantitative estimate of drug-likeness (QED) is 0.181. The second kappa shape index (κ2) is 13.3. The van der Waals surface area contributed by atoms with E-state index in [0.717, 1.165) is 29.8 Å². The molecule has 14 heteroatoms. The van der Waals surface area contributed by atoms with Gasteiger partial charge in [-0.1, -0.05) is 60.7 Å². The van der Waals surface area contributed by atoms with Crippen molar-refractivity contribution in [1.82, 2.24) is 25.2 Å². The highest BCUT2D eigenvalue weighted by molar-refractivity contribution is 5.99. The number of pyridine rings is 1. The normalized spacial score (nSPS) is 12.5. The Labute approximate surface area is 258 Å². The largest absolute Gasteiger partial charge is 0.573 e.